The molecule has 0 fully saturated rings. The Morgan fingerprint density at radius 2 is 1.72 bits per heavy atom. The second-order valence-electron chi connectivity index (χ2n) is 6.39. The van der Waals surface area contributed by atoms with Gasteiger partial charge >= 0.3 is 11.9 Å². The van der Waals surface area contributed by atoms with Crippen LogP contribution in [0.15, 0.2) is 65.9 Å². The van der Waals surface area contributed by atoms with Crippen molar-refractivity contribution >= 4 is 35.0 Å². The molecule has 1 aliphatic rings. The number of nitrogens with zero attached hydrogens (tertiary/aromatic N) is 1. The minimum atomic E-state index is -0.492. The molecular formula is C22H22N2O4S. The van der Waals surface area contributed by atoms with Crippen LogP contribution in [0.5, 0.6) is 0 Å². The standard InChI is InChI=1S/C22H22N2O4S/c1-4-28-21(26)18-14(2)24(17-8-6-5-7-9-17)22(29)23-19(18)15-10-12-16(13-11-15)20(25)27-3/h5-13,19H,4H2,1-3H3,(H,23,29)/t19-/m1/s1. The average Bonchev–Trinajstić information content (AvgIpc) is 2.73. The summed E-state index contributed by atoms with van der Waals surface area (Å²) in [6, 6.07) is 16.0. The molecule has 0 bridgehead atoms. The highest BCUT2D eigenvalue weighted by Gasteiger charge is 2.35. The van der Waals surface area contributed by atoms with Gasteiger partial charge in [0, 0.05) is 11.4 Å². The van der Waals surface area contributed by atoms with E-state index in [9.17, 15) is 9.59 Å². The van der Waals surface area contributed by atoms with E-state index in [0.717, 1.165) is 11.3 Å². The maximum Gasteiger partial charge on any atom is 0.338 e. The van der Waals surface area contributed by atoms with Crippen molar-refractivity contribution in [2.45, 2.75) is 19.9 Å². The number of carbonyl (C=O) groups excluding carboxylic acids is 2. The predicted octanol–water partition coefficient (Wildman–Crippen LogP) is 3.75. The average molecular weight is 410 g/mol. The first-order valence-electron chi connectivity index (χ1n) is 9.19. The lowest BCUT2D eigenvalue weighted by Gasteiger charge is -2.37. The molecule has 0 unspecified atom stereocenters. The lowest BCUT2D eigenvalue weighted by Crippen LogP contribution is -2.48. The van der Waals surface area contributed by atoms with Crippen molar-refractivity contribution in [2.24, 2.45) is 0 Å². The number of anilines is 1. The maximum absolute atomic E-state index is 12.8. The molecule has 0 saturated carbocycles. The highest BCUT2D eigenvalue weighted by atomic mass is 32.1. The number of para-hydroxylation sites is 1. The highest BCUT2D eigenvalue weighted by molar-refractivity contribution is 7.80. The third-order valence-corrected chi connectivity index (χ3v) is 4.96. The van der Waals surface area contributed by atoms with E-state index in [2.05, 4.69) is 5.32 Å². The molecule has 0 spiro atoms. The zero-order valence-corrected chi connectivity index (χ0v) is 17.3. The molecule has 1 heterocycles. The summed E-state index contributed by atoms with van der Waals surface area (Å²) >= 11 is 5.61. The number of benzene rings is 2. The summed E-state index contributed by atoms with van der Waals surface area (Å²) in [4.78, 5) is 26.4. The van der Waals surface area contributed by atoms with Gasteiger partial charge in [0.15, 0.2) is 5.11 Å². The number of nitrogens with one attached hydrogen (secondary N) is 1. The van der Waals surface area contributed by atoms with E-state index in [1.54, 1.807) is 31.2 Å². The van der Waals surface area contributed by atoms with E-state index in [1.165, 1.54) is 7.11 Å². The van der Waals surface area contributed by atoms with Crippen molar-refractivity contribution < 1.29 is 19.1 Å². The fourth-order valence-electron chi connectivity index (χ4n) is 3.28. The van der Waals surface area contributed by atoms with Crippen LogP contribution in [0, 0.1) is 0 Å². The van der Waals surface area contributed by atoms with Gasteiger partial charge in [-0.1, -0.05) is 30.3 Å². The van der Waals surface area contributed by atoms with Crippen molar-refractivity contribution in [1.82, 2.24) is 5.32 Å². The molecule has 1 aliphatic heterocycles. The molecule has 1 N–H and O–H groups in total. The maximum atomic E-state index is 12.8. The van der Waals surface area contributed by atoms with Crippen LogP contribution in [0.2, 0.25) is 0 Å². The molecular weight excluding hydrogens is 388 g/mol. The summed E-state index contributed by atoms with van der Waals surface area (Å²) in [6.07, 6.45) is 0. The molecule has 0 amide bonds. The van der Waals surface area contributed by atoms with Gasteiger partial charge in [-0.2, -0.15) is 0 Å². The predicted molar refractivity (Wildman–Crippen MR) is 115 cm³/mol. The molecule has 2 aromatic carbocycles. The van der Waals surface area contributed by atoms with E-state index >= 15 is 0 Å². The van der Waals surface area contributed by atoms with Crippen molar-refractivity contribution in [3.63, 3.8) is 0 Å². The molecule has 3 rings (SSSR count). The normalized spacial score (nSPS) is 16.3. The first-order chi connectivity index (χ1) is 14.0. The van der Waals surface area contributed by atoms with Gasteiger partial charge in [0.2, 0.25) is 0 Å². The van der Waals surface area contributed by atoms with Gasteiger partial charge in [-0.3, -0.25) is 4.90 Å². The molecule has 0 aromatic heterocycles. The summed E-state index contributed by atoms with van der Waals surface area (Å²) < 4.78 is 10.1. The Labute approximate surface area is 175 Å². The zero-order chi connectivity index (χ0) is 21.0. The number of rotatable bonds is 5. The molecule has 0 saturated heterocycles. The van der Waals surface area contributed by atoms with E-state index in [1.807, 2.05) is 42.2 Å². The van der Waals surface area contributed by atoms with Crippen molar-refractivity contribution in [2.75, 3.05) is 18.6 Å². The Hall–Kier alpha value is -3.19. The Bertz CT molecular complexity index is 955. The third-order valence-electron chi connectivity index (χ3n) is 4.66. The Morgan fingerprint density at radius 3 is 2.31 bits per heavy atom. The molecule has 1 atom stereocenters. The number of hydrogen-bond acceptors (Lipinski definition) is 5. The molecule has 2 aromatic rings. The number of allylic oxidation sites excluding steroid dienone is 1. The first kappa shape index (κ1) is 20.5. The monoisotopic (exact) mass is 410 g/mol. The van der Waals surface area contributed by atoms with Gasteiger partial charge in [0.05, 0.1) is 30.9 Å². The second-order valence-corrected chi connectivity index (χ2v) is 6.77. The summed E-state index contributed by atoms with van der Waals surface area (Å²) in [5.41, 5.74) is 3.23. The lowest BCUT2D eigenvalue weighted by atomic mass is 9.94. The van der Waals surface area contributed by atoms with Crippen LogP contribution in [0.25, 0.3) is 0 Å². The number of ether oxygens (including phenoxy) is 2. The zero-order valence-electron chi connectivity index (χ0n) is 16.5. The Balaban J connectivity index is 2.07. The van der Waals surface area contributed by atoms with E-state index in [0.29, 0.717) is 21.9 Å². The fourth-order valence-corrected chi connectivity index (χ4v) is 3.64. The molecule has 29 heavy (non-hydrogen) atoms. The highest BCUT2D eigenvalue weighted by Crippen LogP contribution is 2.34. The van der Waals surface area contributed by atoms with Crippen molar-refractivity contribution in [1.29, 1.82) is 0 Å². The van der Waals surface area contributed by atoms with Gasteiger partial charge in [-0.25, -0.2) is 9.59 Å². The summed E-state index contributed by atoms with van der Waals surface area (Å²) in [5, 5.41) is 3.72. The minimum Gasteiger partial charge on any atom is -0.465 e. The number of thiocarbonyl (C=S) groups is 1. The van der Waals surface area contributed by atoms with Crippen molar-refractivity contribution in [3.8, 4) is 0 Å². The summed E-state index contributed by atoms with van der Waals surface area (Å²) in [7, 11) is 1.33. The van der Waals surface area contributed by atoms with Gasteiger partial charge < -0.3 is 14.8 Å². The minimum absolute atomic E-state index is 0.263. The fraction of sp³-hybridized carbons (Fsp3) is 0.227. The van der Waals surface area contributed by atoms with Crippen LogP contribution in [-0.4, -0.2) is 30.8 Å². The van der Waals surface area contributed by atoms with Crippen LogP contribution in [0.4, 0.5) is 5.69 Å². The third kappa shape index (κ3) is 4.14. The smallest absolute Gasteiger partial charge is 0.338 e. The molecule has 0 aliphatic carbocycles. The van der Waals surface area contributed by atoms with Crippen molar-refractivity contribution in [3.05, 3.63) is 77.0 Å². The first-order valence-corrected chi connectivity index (χ1v) is 9.60. The van der Waals surface area contributed by atoms with E-state index < -0.39 is 18.0 Å². The molecule has 0 radical (unpaired) electrons. The molecule has 150 valence electrons. The van der Waals surface area contributed by atoms with Gasteiger partial charge in [-0.15, -0.1) is 0 Å². The topological polar surface area (TPSA) is 67.9 Å². The van der Waals surface area contributed by atoms with E-state index in [4.69, 9.17) is 21.7 Å². The van der Waals surface area contributed by atoms with Gasteiger partial charge in [0.25, 0.3) is 0 Å². The van der Waals surface area contributed by atoms with Crippen LogP contribution in [-0.2, 0) is 14.3 Å². The lowest BCUT2D eigenvalue weighted by molar-refractivity contribution is -0.139. The SMILES string of the molecule is CCOC(=O)C1=C(C)N(c2ccccc2)C(=S)N[C@@H]1c1ccc(C(=O)OC)cc1. The Morgan fingerprint density at radius 1 is 1.07 bits per heavy atom. The summed E-state index contributed by atoms with van der Waals surface area (Å²) in [6.45, 7) is 3.88. The molecule has 6 nitrogen and oxygen atoms in total. The second kappa shape index (κ2) is 8.87. The number of methoxy groups -OCH3 is 1. The number of hydrogen-bond donors (Lipinski definition) is 1. The van der Waals surface area contributed by atoms with Crippen LogP contribution in [0.1, 0.15) is 35.8 Å². The van der Waals surface area contributed by atoms with Gasteiger partial charge in [0.1, 0.15) is 0 Å². The summed E-state index contributed by atoms with van der Waals surface area (Å²) in [5.74, 6) is -0.834. The van der Waals surface area contributed by atoms with E-state index in [-0.39, 0.29) is 6.61 Å². The molecule has 7 heteroatoms. The van der Waals surface area contributed by atoms with Crippen LogP contribution < -0.4 is 10.2 Å². The number of esters is 2. The van der Waals surface area contributed by atoms with Crippen LogP contribution in [0.3, 0.4) is 0 Å². The largest absolute Gasteiger partial charge is 0.465 e. The quantitative estimate of drug-likeness (QED) is 0.595. The van der Waals surface area contributed by atoms with Gasteiger partial charge in [-0.05, 0) is 55.9 Å². The number of carbonyl (C=O) groups is 2. The van der Waals surface area contributed by atoms with Crippen LogP contribution >= 0.6 is 12.2 Å². The Kier molecular flexibility index (Phi) is 6.29.